The van der Waals surface area contributed by atoms with Crippen LogP contribution in [-0.4, -0.2) is 29.7 Å². The third-order valence-corrected chi connectivity index (χ3v) is 1.44. The van der Waals surface area contributed by atoms with E-state index in [9.17, 15) is 9.59 Å². The normalized spacial score (nSPS) is 18.2. The number of aliphatic imine (C=N–C) groups is 1. The maximum atomic E-state index is 10.9. The number of carbonyl (C=O) groups is 2. The quantitative estimate of drug-likeness (QED) is 0.531. The van der Waals surface area contributed by atoms with Crippen LogP contribution in [0.4, 0.5) is 0 Å². The zero-order chi connectivity index (χ0) is 9.14. The first-order valence-electron chi connectivity index (χ1n) is 3.39. The van der Waals surface area contributed by atoms with E-state index in [0.29, 0.717) is 0 Å². The fraction of sp³-hybridized carbons (Fsp3) is 0.500. The van der Waals surface area contributed by atoms with Gasteiger partial charge in [0.25, 0.3) is 0 Å². The molecule has 0 aromatic heterocycles. The highest BCUT2D eigenvalue weighted by Gasteiger charge is 2.17. The Hall–Kier alpha value is -1.10. The lowest BCUT2D eigenvalue weighted by Gasteiger charge is -2.04. The Labute approximate surface area is 74.2 Å². The molecule has 0 aromatic carbocycles. The first-order chi connectivity index (χ1) is 5.59. The van der Waals surface area contributed by atoms with Gasteiger partial charge in [-0.25, -0.2) is 4.99 Å². The molecular formula is C6H8ClN3O2. The van der Waals surface area contributed by atoms with Gasteiger partial charge in [-0.05, 0) is 6.92 Å². The molecule has 2 N–H and O–H groups in total. The molecule has 1 heterocycles. The second kappa shape index (κ2) is 3.53. The van der Waals surface area contributed by atoms with Gasteiger partial charge in [0.15, 0.2) is 0 Å². The molecule has 1 atom stereocenters. The number of halogens is 1. The maximum absolute atomic E-state index is 10.9. The van der Waals surface area contributed by atoms with E-state index >= 15 is 0 Å². The van der Waals surface area contributed by atoms with E-state index in [1.54, 1.807) is 0 Å². The number of amides is 2. The molecular weight excluding hydrogens is 182 g/mol. The summed E-state index contributed by atoms with van der Waals surface area (Å²) in [5.41, 5.74) is 0. The predicted molar refractivity (Wildman–Crippen MR) is 43.9 cm³/mol. The van der Waals surface area contributed by atoms with Gasteiger partial charge in [-0.15, -0.1) is 11.6 Å². The fourth-order valence-electron chi connectivity index (χ4n) is 0.649. The topological polar surface area (TPSA) is 70.6 Å². The monoisotopic (exact) mass is 189 g/mol. The van der Waals surface area contributed by atoms with Crippen LogP contribution in [-0.2, 0) is 9.59 Å². The van der Waals surface area contributed by atoms with Crippen molar-refractivity contribution in [3.05, 3.63) is 0 Å². The lowest BCUT2D eigenvalue weighted by Crippen LogP contribution is -2.42. The average molecular weight is 190 g/mol. The molecule has 1 rings (SSSR count). The molecule has 5 nitrogen and oxygen atoms in total. The molecule has 0 saturated carbocycles. The first-order valence-corrected chi connectivity index (χ1v) is 3.82. The highest BCUT2D eigenvalue weighted by atomic mass is 35.5. The summed E-state index contributed by atoms with van der Waals surface area (Å²) in [6, 6.07) is 0. The van der Waals surface area contributed by atoms with Gasteiger partial charge in [0.05, 0.1) is 0 Å². The van der Waals surface area contributed by atoms with Gasteiger partial charge in [0.2, 0.25) is 17.8 Å². The number of hydrogen-bond acceptors (Lipinski definition) is 3. The number of rotatable bonds is 1. The van der Waals surface area contributed by atoms with E-state index in [1.807, 2.05) is 0 Å². The number of nitrogens with zero attached hydrogens (tertiary/aromatic N) is 1. The zero-order valence-electron chi connectivity index (χ0n) is 6.43. The van der Waals surface area contributed by atoms with Crippen LogP contribution >= 0.6 is 11.6 Å². The molecule has 66 valence electrons. The number of nitrogens with one attached hydrogen (secondary N) is 2. The van der Waals surface area contributed by atoms with Crippen molar-refractivity contribution in [2.45, 2.75) is 12.3 Å². The Kier molecular flexibility index (Phi) is 2.65. The summed E-state index contributed by atoms with van der Waals surface area (Å²) in [4.78, 5) is 25.2. The van der Waals surface area contributed by atoms with Gasteiger partial charge in [0.1, 0.15) is 11.9 Å². The van der Waals surface area contributed by atoms with E-state index < -0.39 is 5.38 Å². The second-order valence-corrected chi connectivity index (χ2v) is 2.97. The van der Waals surface area contributed by atoms with Gasteiger partial charge < -0.3 is 0 Å². The minimum atomic E-state index is -0.634. The molecule has 0 aliphatic carbocycles. The van der Waals surface area contributed by atoms with E-state index in [0.717, 1.165) is 0 Å². The van der Waals surface area contributed by atoms with Crippen molar-refractivity contribution in [1.82, 2.24) is 10.6 Å². The van der Waals surface area contributed by atoms with Gasteiger partial charge in [-0.2, -0.15) is 0 Å². The Morgan fingerprint density at radius 3 is 2.92 bits per heavy atom. The molecule has 0 fully saturated rings. The molecule has 0 spiro atoms. The SMILES string of the molecule is CC(Cl)C(=O)NC1=NCC(=O)N1. The van der Waals surface area contributed by atoms with Crippen molar-refractivity contribution in [3.8, 4) is 0 Å². The van der Waals surface area contributed by atoms with Crippen LogP contribution in [0.15, 0.2) is 4.99 Å². The van der Waals surface area contributed by atoms with Crippen LogP contribution in [0.25, 0.3) is 0 Å². The van der Waals surface area contributed by atoms with Gasteiger partial charge in [-0.3, -0.25) is 20.2 Å². The lowest BCUT2D eigenvalue weighted by atomic mass is 10.4. The first kappa shape index (κ1) is 8.99. The number of carbonyl (C=O) groups excluding carboxylic acids is 2. The van der Waals surface area contributed by atoms with Gasteiger partial charge >= 0.3 is 0 Å². The summed E-state index contributed by atoms with van der Waals surface area (Å²) in [5.74, 6) is -0.428. The summed E-state index contributed by atoms with van der Waals surface area (Å²) in [5, 5.41) is 4.08. The van der Waals surface area contributed by atoms with Crippen LogP contribution in [0.1, 0.15) is 6.92 Å². The lowest BCUT2D eigenvalue weighted by molar-refractivity contribution is -0.119. The summed E-state index contributed by atoms with van der Waals surface area (Å²) < 4.78 is 0. The van der Waals surface area contributed by atoms with Crippen LogP contribution in [0.3, 0.4) is 0 Å². The molecule has 0 bridgehead atoms. The van der Waals surface area contributed by atoms with E-state index in [2.05, 4.69) is 15.6 Å². The standard InChI is InChI=1S/C6H8ClN3O2/c1-3(7)5(12)10-6-8-2-4(11)9-6/h3H,2H2,1H3,(H2,8,9,10,11,12). The van der Waals surface area contributed by atoms with E-state index in [1.165, 1.54) is 6.92 Å². The molecule has 0 saturated heterocycles. The molecule has 2 amide bonds. The smallest absolute Gasteiger partial charge is 0.248 e. The number of alkyl halides is 1. The van der Waals surface area contributed by atoms with Crippen molar-refractivity contribution >= 4 is 29.4 Å². The minimum absolute atomic E-state index is 0.0618. The van der Waals surface area contributed by atoms with Crippen molar-refractivity contribution in [2.75, 3.05) is 6.54 Å². The molecule has 12 heavy (non-hydrogen) atoms. The molecule has 1 aliphatic rings. The third kappa shape index (κ3) is 2.20. The minimum Gasteiger partial charge on any atom is -0.295 e. The Balaban J connectivity index is 2.43. The highest BCUT2D eigenvalue weighted by Crippen LogP contribution is 1.93. The van der Waals surface area contributed by atoms with E-state index in [4.69, 9.17) is 11.6 Å². The maximum Gasteiger partial charge on any atom is 0.248 e. The summed E-state index contributed by atoms with van der Waals surface area (Å²) in [6.07, 6.45) is 0. The largest absolute Gasteiger partial charge is 0.295 e. The Bertz CT molecular complexity index is 249. The van der Waals surface area contributed by atoms with Crippen LogP contribution < -0.4 is 10.6 Å². The van der Waals surface area contributed by atoms with Crippen molar-refractivity contribution < 1.29 is 9.59 Å². The second-order valence-electron chi connectivity index (χ2n) is 2.32. The Morgan fingerprint density at radius 2 is 2.50 bits per heavy atom. The zero-order valence-corrected chi connectivity index (χ0v) is 7.18. The van der Waals surface area contributed by atoms with Crippen LogP contribution in [0.2, 0.25) is 0 Å². The number of hydrogen-bond donors (Lipinski definition) is 2. The van der Waals surface area contributed by atoms with Crippen LogP contribution in [0, 0.1) is 0 Å². The Morgan fingerprint density at radius 1 is 1.83 bits per heavy atom. The summed E-state index contributed by atoms with van der Waals surface area (Å²) in [7, 11) is 0. The average Bonchev–Trinajstić information content (AvgIpc) is 2.35. The fourth-order valence-corrected chi connectivity index (χ4v) is 0.703. The predicted octanol–water partition coefficient (Wildman–Crippen LogP) is -0.784. The summed E-state index contributed by atoms with van der Waals surface area (Å²) >= 11 is 5.46. The van der Waals surface area contributed by atoms with E-state index in [-0.39, 0.29) is 24.3 Å². The molecule has 0 aromatic rings. The van der Waals surface area contributed by atoms with Crippen LogP contribution in [0.5, 0.6) is 0 Å². The molecule has 6 heteroatoms. The highest BCUT2D eigenvalue weighted by molar-refractivity contribution is 6.31. The molecule has 1 unspecified atom stereocenters. The van der Waals surface area contributed by atoms with Crippen molar-refractivity contribution in [2.24, 2.45) is 4.99 Å². The van der Waals surface area contributed by atoms with Crippen molar-refractivity contribution in [3.63, 3.8) is 0 Å². The van der Waals surface area contributed by atoms with Gasteiger partial charge in [-0.1, -0.05) is 0 Å². The third-order valence-electron chi connectivity index (χ3n) is 1.24. The molecule has 0 radical (unpaired) electrons. The van der Waals surface area contributed by atoms with Gasteiger partial charge in [0, 0.05) is 0 Å². The summed E-state index contributed by atoms with van der Waals surface area (Å²) in [6.45, 7) is 1.60. The number of guanidine groups is 1. The molecule has 1 aliphatic heterocycles. The van der Waals surface area contributed by atoms with Crippen molar-refractivity contribution in [1.29, 1.82) is 0 Å².